The van der Waals surface area contributed by atoms with E-state index in [0.717, 1.165) is 32.0 Å². The highest BCUT2D eigenvalue weighted by atomic mass is 16.5. The highest BCUT2D eigenvalue weighted by Gasteiger charge is 2.14. The van der Waals surface area contributed by atoms with Gasteiger partial charge in [-0.15, -0.1) is 0 Å². The molecule has 0 saturated carbocycles. The van der Waals surface area contributed by atoms with Crippen LogP contribution in [0.25, 0.3) is 0 Å². The van der Waals surface area contributed by atoms with Crippen molar-refractivity contribution >= 4 is 0 Å². The Balaban J connectivity index is 1.86. The second kappa shape index (κ2) is 5.14. The molecule has 1 saturated heterocycles. The molecule has 0 aliphatic carbocycles. The molecule has 1 aliphatic rings. The molecule has 0 amide bonds. The molecule has 0 radical (unpaired) electrons. The average Bonchev–Trinajstić information content (AvgIpc) is 2.16. The second-order valence-corrected chi connectivity index (χ2v) is 3.82. The van der Waals surface area contributed by atoms with Crippen LogP contribution < -0.4 is 15.4 Å². The Labute approximate surface area is 90.8 Å². The van der Waals surface area contributed by atoms with Crippen molar-refractivity contribution in [2.45, 2.75) is 19.5 Å². The number of nitrogens with one attached hydrogen (secondary N) is 2. The number of ether oxygens (including phenoxy) is 1. The zero-order valence-electron chi connectivity index (χ0n) is 9.12. The molecule has 3 heteroatoms. The molecule has 1 aliphatic heterocycles. The third-order valence-electron chi connectivity index (χ3n) is 2.59. The van der Waals surface area contributed by atoms with Crippen LogP contribution in [0.1, 0.15) is 12.5 Å². The van der Waals surface area contributed by atoms with Gasteiger partial charge in [-0.05, 0) is 24.6 Å². The van der Waals surface area contributed by atoms with Gasteiger partial charge in [0.1, 0.15) is 5.75 Å². The Morgan fingerprint density at radius 1 is 1.47 bits per heavy atom. The summed E-state index contributed by atoms with van der Waals surface area (Å²) < 4.78 is 5.45. The molecule has 0 aromatic heterocycles. The summed E-state index contributed by atoms with van der Waals surface area (Å²) >= 11 is 0. The van der Waals surface area contributed by atoms with Gasteiger partial charge >= 0.3 is 0 Å². The van der Waals surface area contributed by atoms with Crippen molar-refractivity contribution < 1.29 is 4.74 Å². The van der Waals surface area contributed by atoms with Crippen LogP contribution in [-0.2, 0) is 6.54 Å². The van der Waals surface area contributed by atoms with Gasteiger partial charge in [0.25, 0.3) is 0 Å². The van der Waals surface area contributed by atoms with Crippen LogP contribution >= 0.6 is 0 Å². The third kappa shape index (κ3) is 2.94. The van der Waals surface area contributed by atoms with E-state index in [0.29, 0.717) is 6.04 Å². The van der Waals surface area contributed by atoms with Crippen molar-refractivity contribution in [3.8, 4) is 5.75 Å². The largest absolute Gasteiger partial charge is 0.494 e. The summed E-state index contributed by atoms with van der Waals surface area (Å²) in [6, 6.07) is 8.91. The van der Waals surface area contributed by atoms with Crippen molar-refractivity contribution in [2.24, 2.45) is 0 Å². The van der Waals surface area contributed by atoms with Gasteiger partial charge in [-0.1, -0.05) is 12.1 Å². The normalized spacial score (nSPS) is 16.1. The maximum Gasteiger partial charge on any atom is 0.119 e. The lowest BCUT2D eigenvalue weighted by Crippen LogP contribution is -2.54. The molecule has 15 heavy (non-hydrogen) atoms. The average molecular weight is 206 g/mol. The predicted molar refractivity (Wildman–Crippen MR) is 61.1 cm³/mol. The molecule has 1 fully saturated rings. The number of benzene rings is 1. The van der Waals surface area contributed by atoms with E-state index in [1.165, 1.54) is 5.56 Å². The van der Waals surface area contributed by atoms with Gasteiger partial charge in [-0.2, -0.15) is 0 Å². The van der Waals surface area contributed by atoms with Crippen LogP contribution in [0, 0.1) is 0 Å². The van der Waals surface area contributed by atoms with Gasteiger partial charge in [-0.25, -0.2) is 0 Å². The summed E-state index contributed by atoms with van der Waals surface area (Å²) in [5.41, 5.74) is 1.29. The summed E-state index contributed by atoms with van der Waals surface area (Å²) in [4.78, 5) is 0. The van der Waals surface area contributed by atoms with Crippen molar-refractivity contribution in [1.82, 2.24) is 10.6 Å². The van der Waals surface area contributed by atoms with Crippen LogP contribution in [0.3, 0.4) is 0 Å². The summed E-state index contributed by atoms with van der Waals surface area (Å²) in [7, 11) is 0. The molecular weight excluding hydrogens is 188 g/mol. The summed E-state index contributed by atoms with van der Waals surface area (Å²) in [5.74, 6) is 0.962. The van der Waals surface area contributed by atoms with Crippen LogP contribution in [0.15, 0.2) is 24.3 Å². The van der Waals surface area contributed by atoms with Crippen molar-refractivity contribution in [3.05, 3.63) is 29.8 Å². The first-order valence-corrected chi connectivity index (χ1v) is 5.54. The Kier molecular flexibility index (Phi) is 3.59. The van der Waals surface area contributed by atoms with E-state index >= 15 is 0 Å². The Bertz CT molecular complexity index is 310. The molecule has 0 spiro atoms. The quantitative estimate of drug-likeness (QED) is 0.758. The van der Waals surface area contributed by atoms with E-state index < -0.39 is 0 Å². The van der Waals surface area contributed by atoms with Crippen molar-refractivity contribution in [2.75, 3.05) is 19.7 Å². The lowest BCUT2D eigenvalue weighted by molar-refractivity contribution is 0.339. The highest BCUT2D eigenvalue weighted by molar-refractivity contribution is 5.28. The maximum atomic E-state index is 5.45. The van der Waals surface area contributed by atoms with Gasteiger partial charge < -0.3 is 15.4 Å². The zero-order chi connectivity index (χ0) is 10.5. The fraction of sp³-hybridized carbons (Fsp3) is 0.500. The third-order valence-corrected chi connectivity index (χ3v) is 2.59. The van der Waals surface area contributed by atoms with E-state index in [-0.39, 0.29) is 0 Å². The molecule has 1 heterocycles. The lowest BCUT2D eigenvalue weighted by atomic mass is 10.1. The van der Waals surface area contributed by atoms with E-state index in [2.05, 4.69) is 22.8 Å². The zero-order valence-corrected chi connectivity index (χ0v) is 9.12. The molecule has 3 nitrogen and oxygen atoms in total. The summed E-state index contributed by atoms with van der Waals surface area (Å²) in [5, 5.41) is 6.73. The first-order valence-electron chi connectivity index (χ1n) is 5.54. The Morgan fingerprint density at radius 2 is 2.33 bits per heavy atom. The molecule has 0 bridgehead atoms. The van der Waals surface area contributed by atoms with Crippen molar-refractivity contribution in [3.63, 3.8) is 0 Å². The van der Waals surface area contributed by atoms with Gasteiger partial charge in [0.2, 0.25) is 0 Å². The van der Waals surface area contributed by atoms with Crippen molar-refractivity contribution in [1.29, 1.82) is 0 Å². The van der Waals surface area contributed by atoms with Gasteiger partial charge in [-0.3, -0.25) is 0 Å². The van der Waals surface area contributed by atoms with Gasteiger partial charge in [0.05, 0.1) is 6.61 Å². The molecule has 2 N–H and O–H groups in total. The highest BCUT2D eigenvalue weighted by Crippen LogP contribution is 2.13. The van der Waals surface area contributed by atoms with E-state index in [4.69, 9.17) is 4.74 Å². The summed E-state index contributed by atoms with van der Waals surface area (Å²) in [6.07, 6.45) is 0. The van der Waals surface area contributed by atoms with Gasteiger partial charge in [0, 0.05) is 25.7 Å². The minimum atomic E-state index is 0.640. The Morgan fingerprint density at radius 3 is 3.00 bits per heavy atom. The van der Waals surface area contributed by atoms with Gasteiger partial charge in [0.15, 0.2) is 0 Å². The number of hydrogen-bond acceptors (Lipinski definition) is 3. The van der Waals surface area contributed by atoms with E-state index in [1.54, 1.807) is 0 Å². The smallest absolute Gasteiger partial charge is 0.119 e. The molecule has 0 atom stereocenters. The first-order chi connectivity index (χ1) is 7.38. The molecule has 2 rings (SSSR count). The predicted octanol–water partition coefficient (Wildman–Crippen LogP) is 1.15. The van der Waals surface area contributed by atoms with E-state index in [9.17, 15) is 0 Å². The molecule has 82 valence electrons. The lowest BCUT2D eigenvalue weighted by Gasteiger charge is -2.28. The number of rotatable bonds is 5. The topological polar surface area (TPSA) is 33.3 Å². The first kappa shape index (κ1) is 10.5. The monoisotopic (exact) mass is 206 g/mol. The number of hydrogen-bond donors (Lipinski definition) is 2. The molecule has 0 unspecified atom stereocenters. The SMILES string of the molecule is CCOc1cccc(CNC2CNC2)c1. The molecule has 1 aromatic carbocycles. The summed E-state index contributed by atoms with van der Waals surface area (Å²) in [6.45, 7) is 5.83. The second-order valence-electron chi connectivity index (χ2n) is 3.82. The standard InChI is InChI=1S/C12H18N2O/c1-2-15-12-5-3-4-10(6-12)7-14-11-8-13-9-11/h3-6,11,13-14H,2,7-9H2,1H3. The molecule has 1 aromatic rings. The van der Waals surface area contributed by atoms with E-state index in [1.807, 2.05) is 19.1 Å². The molecular formula is C12H18N2O. The Hall–Kier alpha value is -1.06. The van der Waals surface area contributed by atoms with Crippen LogP contribution in [0.2, 0.25) is 0 Å². The minimum absolute atomic E-state index is 0.640. The minimum Gasteiger partial charge on any atom is -0.494 e. The van der Waals surface area contributed by atoms with Crippen LogP contribution in [-0.4, -0.2) is 25.7 Å². The van der Waals surface area contributed by atoms with Crippen LogP contribution in [0.5, 0.6) is 5.75 Å². The fourth-order valence-electron chi connectivity index (χ4n) is 1.61. The fourth-order valence-corrected chi connectivity index (χ4v) is 1.61. The maximum absolute atomic E-state index is 5.45. The van der Waals surface area contributed by atoms with Crippen LogP contribution in [0.4, 0.5) is 0 Å².